The zero-order valence-corrected chi connectivity index (χ0v) is 18.7. The lowest BCUT2D eigenvalue weighted by Crippen LogP contribution is -2.33. The molecule has 1 amide bonds. The van der Waals surface area contributed by atoms with Gasteiger partial charge in [0.25, 0.3) is 0 Å². The molecule has 0 aromatic heterocycles. The van der Waals surface area contributed by atoms with Gasteiger partial charge in [0.1, 0.15) is 0 Å². The van der Waals surface area contributed by atoms with Gasteiger partial charge in [-0.05, 0) is 86.6 Å². The van der Waals surface area contributed by atoms with Gasteiger partial charge in [0.15, 0.2) is 0 Å². The summed E-state index contributed by atoms with van der Waals surface area (Å²) in [5.41, 5.74) is 3.14. The van der Waals surface area contributed by atoms with E-state index in [9.17, 15) is 9.90 Å². The Morgan fingerprint density at radius 3 is 2.53 bits per heavy atom. The first-order valence-electron chi connectivity index (χ1n) is 11.0. The average Bonchev–Trinajstić information content (AvgIpc) is 2.75. The maximum atomic E-state index is 12.0. The summed E-state index contributed by atoms with van der Waals surface area (Å²) in [7, 11) is 0. The van der Waals surface area contributed by atoms with E-state index in [2.05, 4.69) is 22.3 Å². The number of amides is 1. The van der Waals surface area contributed by atoms with E-state index in [-0.39, 0.29) is 11.8 Å². The molecule has 4 nitrogen and oxygen atoms in total. The molecule has 1 unspecified atom stereocenters. The average molecular weight is 429 g/mol. The highest BCUT2D eigenvalue weighted by molar-refractivity contribution is 6.30. The molecule has 1 aliphatic heterocycles. The predicted molar refractivity (Wildman–Crippen MR) is 124 cm³/mol. The van der Waals surface area contributed by atoms with Gasteiger partial charge in [-0.3, -0.25) is 4.79 Å². The van der Waals surface area contributed by atoms with Crippen molar-refractivity contribution in [1.82, 2.24) is 4.90 Å². The Hall–Kier alpha value is -1.88. The number of hydrogen-bond donors (Lipinski definition) is 2. The Morgan fingerprint density at radius 1 is 1.17 bits per heavy atom. The Morgan fingerprint density at radius 2 is 1.87 bits per heavy atom. The number of hydrogen-bond acceptors (Lipinski definition) is 3. The number of likely N-dealkylation sites (tertiary alicyclic amines) is 1. The molecule has 0 saturated carbocycles. The van der Waals surface area contributed by atoms with Gasteiger partial charge in [0.05, 0.1) is 6.10 Å². The highest BCUT2D eigenvalue weighted by atomic mass is 35.5. The second-order valence-electron chi connectivity index (χ2n) is 8.59. The minimum absolute atomic E-state index is 0.0184. The van der Waals surface area contributed by atoms with Crippen LogP contribution in [0.15, 0.2) is 48.5 Å². The van der Waals surface area contributed by atoms with Crippen LogP contribution in [0.3, 0.4) is 0 Å². The lowest BCUT2D eigenvalue weighted by Gasteiger charge is -2.32. The predicted octanol–water partition coefficient (Wildman–Crippen LogP) is 5.63. The van der Waals surface area contributed by atoms with Crippen LogP contribution in [0.2, 0.25) is 5.02 Å². The van der Waals surface area contributed by atoms with Crippen molar-refractivity contribution in [1.29, 1.82) is 0 Å². The Balaban J connectivity index is 1.42. The number of aliphatic hydroxyl groups is 1. The van der Waals surface area contributed by atoms with Gasteiger partial charge in [-0.15, -0.1) is 0 Å². The van der Waals surface area contributed by atoms with Crippen molar-refractivity contribution in [3.8, 4) is 0 Å². The molecule has 3 rings (SSSR count). The highest BCUT2D eigenvalue weighted by Crippen LogP contribution is 2.30. The van der Waals surface area contributed by atoms with Crippen LogP contribution in [-0.4, -0.2) is 35.5 Å². The number of nitrogens with one attached hydrogen (secondary N) is 1. The summed E-state index contributed by atoms with van der Waals surface area (Å²) in [4.78, 5) is 14.5. The fourth-order valence-corrected chi connectivity index (χ4v) is 4.13. The van der Waals surface area contributed by atoms with Gasteiger partial charge in [0.2, 0.25) is 5.91 Å². The van der Waals surface area contributed by atoms with Gasteiger partial charge < -0.3 is 15.3 Å². The number of nitrogens with zero attached hydrogens (tertiary/aromatic N) is 1. The van der Waals surface area contributed by atoms with E-state index in [0.717, 1.165) is 56.6 Å². The molecule has 0 radical (unpaired) electrons. The van der Waals surface area contributed by atoms with E-state index in [1.165, 1.54) is 5.56 Å². The maximum absolute atomic E-state index is 12.0. The molecular formula is C25H33ClN2O2. The van der Waals surface area contributed by atoms with Gasteiger partial charge in [-0.1, -0.05) is 49.7 Å². The molecule has 30 heavy (non-hydrogen) atoms. The molecule has 1 saturated heterocycles. The summed E-state index contributed by atoms with van der Waals surface area (Å²) in [6.07, 6.45) is 3.57. The SMILES string of the molecule is CC(C)C(=O)Nc1cccc(C2CCN(CCCC(O)c3ccc(Cl)cc3)CC2)c1. The van der Waals surface area contributed by atoms with Crippen molar-refractivity contribution in [2.24, 2.45) is 5.92 Å². The summed E-state index contributed by atoms with van der Waals surface area (Å²) in [6.45, 7) is 6.98. The van der Waals surface area contributed by atoms with Crippen LogP contribution in [0, 0.1) is 5.92 Å². The number of aliphatic hydroxyl groups excluding tert-OH is 1. The third-order valence-electron chi connectivity index (χ3n) is 5.94. The van der Waals surface area contributed by atoms with E-state index < -0.39 is 6.10 Å². The summed E-state index contributed by atoms with van der Waals surface area (Å²) in [5.74, 6) is 0.578. The van der Waals surface area contributed by atoms with Gasteiger partial charge >= 0.3 is 0 Å². The Bertz CT molecular complexity index is 814. The molecule has 1 heterocycles. The summed E-state index contributed by atoms with van der Waals surface area (Å²) >= 11 is 5.91. The summed E-state index contributed by atoms with van der Waals surface area (Å²) in [6, 6.07) is 15.8. The van der Waals surface area contributed by atoms with Crippen LogP contribution in [0.25, 0.3) is 0 Å². The van der Waals surface area contributed by atoms with Crippen molar-refractivity contribution in [2.75, 3.05) is 25.0 Å². The number of carbonyl (C=O) groups excluding carboxylic acids is 1. The normalized spacial score (nSPS) is 16.6. The van der Waals surface area contributed by atoms with Crippen LogP contribution < -0.4 is 5.32 Å². The highest BCUT2D eigenvalue weighted by Gasteiger charge is 2.21. The Labute approximate surface area is 185 Å². The molecule has 2 aromatic rings. The number of halogens is 1. The minimum Gasteiger partial charge on any atom is -0.388 e. The van der Waals surface area contributed by atoms with E-state index >= 15 is 0 Å². The fraction of sp³-hybridized carbons (Fsp3) is 0.480. The molecule has 1 atom stereocenters. The second kappa shape index (κ2) is 10.9. The fourth-order valence-electron chi connectivity index (χ4n) is 4.01. The van der Waals surface area contributed by atoms with Gasteiger partial charge in [-0.2, -0.15) is 0 Å². The first-order valence-corrected chi connectivity index (χ1v) is 11.4. The van der Waals surface area contributed by atoms with Crippen LogP contribution in [0.5, 0.6) is 0 Å². The molecule has 5 heteroatoms. The van der Waals surface area contributed by atoms with Crippen molar-refractivity contribution in [3.63, 3.8) is 0 Å². The zero-order valence-electron chi connectivity index (χ0n) is 18.0. The lowest BCUT2D eigenvalue weighted by atomic mass is 9.89. The number of carbonyl (C=O) groups is 1. The molecule has 0 aliphatic carbocycles. The van der Waals surface area contributed by atoms with Crippen molar-refractivity contribution in [2.45, 2.75) is 51.6 Å². The third-order valence-corrected chi connectivity index (χ3v) is 6.20. The molecule has 0 bridgehead atoms. The number of anilines is 1. The third kappa shape index (κ3) is 6.56. The van der Waals surface area contributed by atoms with E-state index in [0.29, 0.717) is 10.9 Å². The topological polar surface area (TPSA) is 52.6 Å². The van der Waals surface area contributed by atoms with Crippen molar-refractivity contribution < 1.29 is 9.90 Å². The van der Waals surface area contributed by atoms with Crippen molar-refractivity contribution in [3.05, 3.63) is 64.7 Å². The van der Waals surface area contributed by atoms with Gasteiger partial charge in [-0.25, -0.2) is 0 Å². The van der Waals surface area contributed by atoms with Gasteiger partial charge in [0, 0.05) is 16.6 Å². The molecule has 0 spiro atoms. The van der Waals surface area contributed by atoms with Crippen LogP contribution >= 0.6 is 11.6 Å². The molecule has 2 aromatic carbocycles. The molecule has 1 fully saturated rings. The second-order valence-corrected chi connectivity index (χ2v) is 9.03. The van der Waals surface area contributed by atoms with E-state index in [4.69, 9.17) is 11.6 Å². The quantitative estimate of drug-likeness (QED) is 0.573. The van der Waals surface area contributed by atoms with Crippen LogP contribution in [0.4, 0.5) is 5.69 Å². The number of rotatable bonds is 8. The smallest absolute Gasteiger partial charge is 0.226 e. The monoisotopic (exact) mass is 428 g/mol. The molecular weight excluding hydrogens is 396 g/mol. The largest absolute Gasteiger partial charge is 0.388 e. The van der Waals surface area contributed by atoms with E-state index in [1.54, 1.807) is 0 Å². The van der Waals surface area contributed by atoms with Crippen LogP contribution in [0.1, 0.15) is 62.7 Å². The standard InChI is InChI=1S/C25H33ClN2O2/c1-18(2)25(30)27-23-6-3-5-21(17-23)19-12-15-28(16-13-19)14-4-7-24(29)20-8-10-22(26)11-9-20/h3,5-6,8-11,17-19,24,29H,4,7,12-16H2,1-2H3,(H,27,30). The summed E-state index contributed by atoms with van der Waals surface area (Å²) in [5, 5.41) is 14.1. The Kier molecular flexibility index (Phi) is 8.32. The van der Waals surface area contributed by atoms with E-state index in [1.807, 2.05) is 50.2 Å². The minimum atomic E-state index is -0.427. The molecule has 1 aliphatic rings. The summed E-state index contributed by atoms with van der Waals surface area (Å²) < 4.78 is 0. The van der Waals surface area contributed by atoms with Crippen molar-refractivity contribution >= 4 is 23.2 Å². The van der Waals surface area contributed by atoms with Crippen LogP contribution in [-0.2, 0) is 4.79 Å². The first kappa shape index (κ1) is 22.8. The lowest BCUT2D eigenvalue weighted by molar-refractivity contribution is -0.118. The first-order chi connectivity index (χ1) is 14.4. The molecule has 2 N–H and O–H groups in total. The zero-order chi connectivity index (χ0) is 21.5. The number of benzene rings is 2. The molecule has 162 valence electrons. The maximum Gasteiger partial charge on any atom is 0.226 e. The number of piperidine rings is 1.